The van der Waals surface area contributed by atoms with Crippen LogP contribution in [0.1, 0.15) is 18.7 Å². The number of amides is 2. The highest BCUT2D eigenvalue weighted by molar-refractivity contribution is 8.17. The van der Waals surface area contributed by atoms with Gasteiger partial charge in [-0.2, -0.15) is 9.36 Å². The number of carbonyl (C=O) groups excluding carboxylic acids is 2. The zero-order valence-corrected chi connectivity index (χ0v) is 17.2. The van der Waals surface area contributed by atoms with E-state index in [1.165, 1.54) is 12.2 Å². The zero-order chi connectivity index (χ0) is 22.7. The predicted molar refractivity (Wildman–Crippen MR) is 112 cm³/mol. The van der Waals surface area contributed by atoms with Gasteiger partial charge >= 0.3 is 5.97 Å². The number of nitrogen functional groups attached to an aromatic ring is 1. The number of aromatic nitrogens is 2. The number of nitrogens with two attached hydrogens (primary N) is 1. The lowest BCUT2D eigenvalue weighted by Gasteiger charge is -2.50. The minimum Gasteiger partial charge on any atom is -0.477 e. The number of nitrogens with one attached hydrogen (secondary N) is 3. The van der Waals surface area contributed by atoms with Crippen LogP contribution in [-0.2, 0) is 14.4 Å². The molecule has 1 aromatic rings. The van der Waals surface area contributed by atoms with Crippen molar-refractivity contribution in [2.24, 2.45) is 5.16 Å². The molecule has 2 aliphatic rings. The number of carboxylic acids is 1. The van der Waals surface area contributed by atoms with E-state index in [4.69, 9.17) is 21.8 Å². The van der Waals surface area contributed by atoms with Crippen molar-refractivity contribution in [3.8, 4) is 0 Å². The van der Waals surface area contributed by atoms with Gasteiger partial charge in [0.2, 0.25) is 11.5 Å². The Bertz CT molecular complexity index is 1060. The van der Waals surface area contributed by atoms with E-state index in [1.807, 2.05) is 0 Å². The number of nitrogens with zero attached hydrogens (tertiary/aromatic N) is 4. The number of carbonyl (C=O) groups is 3. The number of carboxylic acid groups (broad SMARTS) is 1. The zero-order valence-electron chi connectivity index (χ0n) is 15.6. The van der Waals surface area contributed by atoms with E-state index in [-0.39, 0.29) is 28.1 Å². The van der Waals surface area contributed by atoms with Gasteiger partial charge in [0, 0.05) is 22.7 Å². The minimum atomic E-state index is -1.33. The molecule has 2 aliphatic heterocycles. The van der Waals surface area contributed by atoms with Crippen molar-refractivity contribution < 1.29 is 24.7 Å². The fourth-order valence-corrected chi connectivity index (χ4v) is 4.51. The van der Waals surface area contributed by atoms with Crippen LogP contribution in [0.5, 0.6) is 0 Å². The fraction of sp³-hybridized carbons (Fsp3) is 0.250. The summed E-state index contributed by atoms with van der Waals surface area (Å²) in [5.74, 6) is -3.07. The maximum Gasteiger partial charge on any atom is 0.353 e. The lowest BCUT2D eigenvalue weighted by atomic mass is 9.86. The summed E-state index contributed by atoms with van der Waals surface area (Å²) in [6.07, 6.45) is 4.29. The van der Waals surface area contributed by atoms with Crippen molar-refractivity contribution in [3.63, 3.8) is 0 Å². The molecule has 1 aromatic heterocycles. The summed E-state index contributed by atoms with van der Waals surface area (Å²) in [7, 11) is 0. The molecule has 0 aromatic carbocycles. The molecule has 15 heteroatoms. The van der Waals surface area contributed by atoms with Crippen LogP contribution in [0.3, 0.4) is 0 Å². The summed E-state index contributed by atoms with van der Waals surface area (Å²) in [4.78, 5) is 42.1. The fourth-order valence-electron chi connectivity index (χ4n) is 3.16. The summed E-state index contributed by atoms with van der Waals surface area (Å²) >= 11 is 1.69. The SMILES string of the molecule is N=C/C=C\C(=N)SC1=C(C(=O)O)N2C(=O)[C@@H](NC(=O)/C(=N\O)c3nsc(N)n3)[C@H]2CC1. The second-order valence-corrected chi connectivity index (χ2v) is 8.16. The standard InChI is InChI=1S/C16H16N8O5S2/c17-5-1-2-8(18)30-7-4-3-6-9(14(26)24(6)11(7)15(27)28)20-13(25)10(22-29)12-21-16(19)31-23-12/h1-2,5-6,9,17-18,29H,3-4H2,(H,20,25)(H,27,28)(H2,19,21,23)/b2-1-,17-5?,18-8?,22-10-/t6-,9+/m1/s1. The molecule has 162 valence electrons. The van der Waals surface area contributed by atoms with Gasteiger partial charge in [-0.1, -0.05) is 16.9 Å². The summed E-state index contributed by atoms with van der Waals surface area (Å²) in [5.41, 5.74) is 4.70. The van der Waals surface area contributed by atoms with Crippen molar-refractivity contribution in [3.05, 3.63) is 28.6 Å². The Kier molecular flexibility index (Phi) is 6.45. The maximum atomic E-state index is 12.7. The highest BCUT2D eigenvalue weighted by atomic mass is 32.2. The van der Waals surface area contributed by atoms with Crippen LogP contribution in [-0.4, -0.2) is 71.4 Å². The summed E-state index contributed by atoms with van der Waals surface area (Å²) in [6.45, 7) is 0. The number of allylic oxidation sites excluding steroid dienone is 2. The number of hydrogen-bond donors (Lipinski definition) is 6. The summed E-state index contributed by atoms with van der Waals surface area (Å²) in [6, 6.07) is -1.62. The molecular weight excluding hydrogens is 448 g/mol. The number of thioether (sulfide) groups is 1. The molecule has 2 amide bonds. The minimum absolute atomic E-state index is 0.0207. The average Bonchev–Trinajstić information content (AvgIpc) is 3.16. The van der Waals surface area contributed by atoms with Gasteiger partial charge in [-0.15, -0.1) is 0 Å². The Labute approximate surface area is 182 Å². The van der Waals surface area contributed by atoms with E-state index < -0.39 is 35.6 Å². The van der Waals surface area contributed by atoms with Gasteiger partial charge in [-0.05, 0) is 25.0 Å². The second-order valence-electron chi connectivity index (χ2n) is 6.24. The molecule has 0 bridgehead atoms. The molecule has 13 nitrogen and oxygen atoms in total. The van der Waals surface area contributed by atoms with Gasteiger partial charge < -0.3 is 26.8 Å². The highest BCUT2D eigenvalue weighted by Gasteiger charge is 2.53. The molecule has 1 fully saturated rings. The average molecular weight is 464 g/mol. The normalized spacial score (nSPS) is 21.0. The van der Waals surface area contributed by atoms with Crippen molar-refractivity contribution >= 4 is 63.2 Å². The molecule has 31 heavy (non-hydrogen) atoms. The van der Waals surface area contributed by atoms with Gasteiger partial charge in [0.05, 0.1) is 11.1 Å². The van der Waals surface area contributed by atoms with Crippen LogP contribution in [0.4, 0.5) is 5.13 Å². The summed E-state index contributed by atoms with van der Waals surface area (Å²) in [5, 5.41) is 39.0. The van der Waals surface area contributed by atoms with Gasteiger partial charge in [0.1, 0.15) is 11.7 Å². The van der Waals surface area contributed by atoms with Crippen molar-refractivity contribution in [1.29, 1.82) is 10.8 Å². The van der Waals surface area contributed by atoms with E-state index in [2.05, 4.69) is 19.8 Å². The van der Waals surface area contributed by atoms with E-state index in [0.717, 1.165) is 34.4 Å². The quantitative estimate of drug-likeness (QED) is 0.105. The van der Waals surface area contributed by atoms with E-state index in [9.17, 15) is 19.5 Å². The molecule has 7 N–H and O–H groups in total. The lowest BCUT2D eigenvalue weighted by molar-refractivity contribution is -0.155. The van der Waals surface area contributed by atoms with Crippen LogP contribution in [0.25, 0.3) is 0 Å². The van der Waals surface area contributed by atoms with Crippen molar-refractivity contribution in [2.45, 2.75) is 24.9 Å². The number of aliphatic carboxylic acids is 1. The molecule has 0 unspecified atom stereocenters. The number of fused-ring (bicyclic) bond motifs is 1. The van der Waals surface area contributed by atoms with Gasteiger partial charge in [0.25, 0.3) is 11.8 Å². The molecule has 3 rings (SSSR count). The molecule has 0 saturated carbocycles. The van der Waals surface area contributed by atoms with Crippen molar-refractivity contribution in [1.82, 2.24) is 19.6 Å². The Morgan fingerprint density at radius 3 is 2.77 bits per heavy atom. The number of oxime groups is 1. The molecule has 1 saturated heterocycles. The number of rotatable bonds is 7. The first-order chi connectivity index (χ1) is 14.8. The number of anilines is 1. The smallest absolute Gasteiger partial charge is 0.353 e. The number of hydrogen-bond acceptors (Lipinski definition) is 12. The molecule has 2 atom stereocenters. The predicted octanol–water partition coefficient (Wildman–Crippen LogP) is 0.000440. The highest BCUT2D eigenvalue weighted by Crippen LogP contribution is 2.41. The van der Waals surface area contributed by atoms with Gasteiger partial charge in [0.15, 0.2) is 5.13 Å². The first kappa shape index (κ1) is 22.1. The largest absolute Gasteiger partial charge is 0.477 e. The Morgan fingerprint density at radius 2 is 2.19 bits per heavy atom. The lowest BCUT2D eigenvalue weighted by Crippen LogP contribution is -2.72. The molecule has 3 heterocycles. The van der Waals surface area contributed by atoms with Gasteiger partial charge in [-0.3, -0.25) is 19.9 Å². The first-order valence-electron chi connectivity index (χ1n) is 8.64. The van der Waals surface area contributed by atoms with E-state index in [0.29, 0.717) is 11.3 Å². The van der Waals surface area contributed by atoms with E-state index in [1.54, 1.807) is 0 Å². The number of β-lactam (4-membered cyclic amide) rings is 1. The molecular formula is C16H16N8O5S2. The third-order valence-corrected chi connectivity index (χ3v) is 5.97. The van der Waals surface area contributed by atoms with Crippen LogP contribution >= 0.6 is 23.3 Å². The van der Waals surface area contributed by atoms with Crippen LogP contribution in [0.2, 0.25) is 0 Å². The molecule has 0 aliphatic carbocycles. The van der Waals surface area contributed by atoms with Crippen molar-refractivity contribution in [2.75, 3.05) is 5.73 Å². The molecule has 0 spiro atoms. The van der Waals surface area contributed by atoms with Crippen LogP contribution in [0.15, 0.2) is 27.9 Å². The summed E-state index contributed by atoms with van der Waals surface area (Å²) < 4.78 is 3.78. The Balaban J connectivity index is 1.77. The van der Waals surface area contributed by atoms with E-state index >= 15 is 0 Å². The first-order valence-corrected chi connectivity index (χ1v) is 10.2. The molecule has 0 radical (unpaired) electrons. The monoisotopic (exact) mass is 464 g/mol. The maximum absolute atomic E-state index is 12.7. The second kappa shape index (κ2) is 9.05. The van der Waals surface area contributed by atoms with Gasteiger partial charge in [-0.25, -0.2) is 4.79 Å². The Morgan fingerprint density at radius 1 is 1.45 bits per heavy atom. The third kappa shape index (κ3) is 4.31. The Hall–Kier alpha value is -3.59. The third-order valence-electron chi connectivity index (χ3n) is 4.43. The van der Waals surface area contributed by atoms with Crippen LogP contribution < -0.4 is 11.1 Å². The topological polar surface area (TPSA) is 219 Å². The van der Waals surface area contributed by atoms with Crippen LogP contribution in [0, 0.1) is 10.8 Å².